The minimum absolute atomic E-state index is 0.150. The number of ether oxygens (including phenoxy) is 1. The zero-order valence-electron chi connectivity index (χ0n) is 21.9. The predicted octanol–water partition coefficient (Wildman–Crippen LogP) is 6.37. The van der Waals surface area contributed by atoms with Crippen LogP contribution in [0.1, 0.15) is 64.7 Å². The van der Waals surface area contributed by atoms with Crippen LogP contribution >= 0.6 is 23.2 Å². The number of methoxy groups -OCH3 is 1. The van der Waals surface area contributed by atoms with Gasteiger partial charge < -0.3 is 15.0 Å². The molecule has 0 radical (unpaired) electrons. The summed E-state index contributed by atoms with van der Waals surface area (Å²) in [6, 6.07) is 21.8. The van der Waals surface area contributed by atoms with Crippen molar-refractivity contribution in [2.24, 2.45) is 0 Å². The number of hydrogen-bond donors (Lipinski definition) is 1. The van der Waals surface area contributed by atoms with Gasteiger partial charge in [0.25, 0.3) is 5.91 Å². The molecule has 0 unspecified atom stereocenters. The molecule has 3 aromatic carbocycles. The topological polar surface area (TPSA) is 75.7 Å². The van der Waals surface area contributed by atoms with Crippen LogP contribution in [0.15, 0.2) is 72.8 Å². The van der Waals surface area contributed by atoms with Crippen molar-refractivity contribution < 1.29 is 19.1 Å². The molecule has 1 heterocycles. The number of nitrogens with zero attached hydrogens (tertiary/aromatic N) is 1. The van der Waals surface area contributed by atoms with Crippen molar-refractivity contribution in [1.82, 2.24) is 10.2 Å². The van der Waals surface area contributed by atoms with E-state index >= 15 is 0 Å². The molecule has 1 aliphatic rings. The zero-order valence-corrected chi connectivity index (χ0v) is 23.4. The standard InChI is InChI=1S/C31H32Cl2N2O4/c1-39-27(36)14-6-3-9-19-35-29(25-16-15-22(32)20-26(25)33)28(23-12-7-8-13-24(23)31(35)38)30(37)34-18-17-21-10-4-2-5-11-21/h2,4-5,7-8,10-13,15-16,20,28-29H,3,6,9,14,17-19H2,1H3,(H,34,37)/t28-,29+/m1/s1. The largest absolute Gasteiger partial charge is 0.469 e. The quantitative estimate of drug-likeness (QED) is 0.216. The summed E-state index contributed by atoms with van der Waals surface area (Å²) >= 11 is 12.9. The molecule has 2 atom stereocenters. The molecule has 6 nitrogen and oxygen atoms in total. The third kappa shape index (κ3) is 7.00. The van der Waals surface area contributed by atoms with E-state index < -0.39 is 12.0 Å². The maximum absolute atomic E-state index is 13.9. The number of halogens is 2. The van der Waals surface area contributed by atoms with Gasteiger partial charge in [-0.1, -0.05) is 84.2 Å². The molecule has 3 aromatic rings. The maximum atomic E-state index is 13.9. The summed E-state index contributed by atoms with van der Waals surface area (Å²) in [5.41, 5.74) is 2.99. The monoisotopic (exact) mass is 566 g/mol. The first kappa shape index (κ1) is 28.7. The number of rotatable bonds is 11. The van der Waals surface area contributed by atoms with Crippen LogP contribution < -0.4 is 5.32 Å². The molecule has 0 bridgehead atoms. The van der Waals surface area contributed by atoms with E-state index in [1.165, 1.54) is 7.11 Å². The number of carbonyl (C=O) groups is 3. The van der Waals surface area contributed by atoms with Gasteiger partial charge in [0.15, 0.2) is 0 Å². The Morgan fingerprint density at radius 1 is 0.923 bits per heavy atom. The molecule has 4 rings (SSSR count). The normalized spacial score (nSPS) is 16.5. The van der Waals surface area contributed by atoms with Gasteiger partial charge in [0.2, 0.25) is 5.91 Å². The fraction of sp³-hybridized carbons (Fsp3) is 0.323. The Morgan fingerprint density at radius 3 is 2.41 bits per heavy atom. The van der Waals surface area contributed by atoms with Gasteiger partial charge in [-0.2, -0.15) is 0 Å². The number of unbranched alkanes of at least 4 members (excludes halogenated alkanes) is 2. The highest BCUT2D eigenvalue weighted by molar-refractivity contribution is 6.35. The zero-order chi connectivity index (χ0) is 27.8. The van der Waals surface area contributed by atoms with Crippen molar-refractivity contribution in [1.29, 1.82) is 0 Å². The second kappa shape index (κ2) is 13.6. The van der Waals surface area contributed by atoms with E-state index in [0.29, 0.717) is 65.5 Å². The third-order valence-corrected chi connectivity index (χ3v) is 7.63. The van der Waals surface area contributed by atoms with Crippen LogP contribution in [-0.2, 0) is 20.7 Å². The number of benzene rings is 3. The van der Waals surface area contributed by atoms with E-state index in [0.717, 1.165) is 12.0 Å². The van der Waals surface area contributed by atoms with Gasteiger partial charge in [-0.3, -0.25) is 14.4 Å². The lowest BCUT2D eigenvalue weighted by Crippen LogP contribution is -2.48. The molecule has 0 saturated carbocycles. The van der Waals surface area contributed by atoms with E-state index in [1.54, 1.807) is 29.2 Å². The van der Waals surface area contributed by atoms with Crippen LogP contribution in [-0.4, -0.2) is 42.9 Å². The van der Waals surface area contributed by atoms with Crippen molar-refractivity contribution in [2.75, 3.05) is 20.2 Å². The first-order chi connectivity index (χ1) is 18.9. The minimum atomic E-state index is -0.664. The van der Waals surface area contributed by atoms with Crippen LogP contribution in [0.5, 0.6) is 0 Å². The Bertz CT molecular complexity index is 1310. The lowest BCUT2D eigenvalue weighted by Gasteiger charge is -2.42. The van der Waals surface area contributed by atoms with Gasteiger partial charge in [0, 0.05) is 35.1 Å². The summed E-state index contributed by atoms with van der Waals surface area (Å²) in [6.07, 6.45) is 3.06. The van der Waals surface area contributed by atoms with Gasteiger partial charge in [0.05, 0.1) is 19.1 Å². The highest BCUT2D eigenvalue weighted by Crippen LogP contribution is 2.45. The number of amides is 2. The van der Waals surface area contributed by atoms with Gasteiger partial charge in [0.1, 0.15) is 0 Å². The van der Waals surface area contributed by atoms with Gasteiger partial charge >= 0.3 is 5.97 Å². The molecule has 204 valence electrons. The van der Waals surface area contributed by atoms with Crippen LogP contribution in [0.4, 0.5) is 0 Å². The Balaban J connectivity index is 1.64. The first-order valence-corrected chi connectivity index (χ1v) is 13.9. The van der Waals surface area contributed by atoms with Crippen molar-refractivity contribution in [3.8, 4) is 0 Å². The van der Waals surface area contributed by atoms with Gasteiger partial charge in [-0.05, 0) is 54.2 Å². The summed E-state index contributed by atoms with van der Waals surface area (Å²) in [5.74, 6) is -1.24. The van der Waals surface area contributed by atoms with E-state index in [-0.39, 0.29) is 17.8 Å². The number of fused-ring (bicyclic) bond motifs is 1. The molecule has 0 fully saturated rings. The summed E-state index contributed by atoms with van der Waals surface area (Å²) in [7, 11) is 1.37. The Labute approximate surface area is 239 Å². The van der Waals surface area contributed by atoms with Crippen molar-refractivity contribution in [3.63, 3.8) is 0 Å². The average Bonchev–Trinajstić information content (AvgIpc) is 2.94. The molecule has 0 aliphatic carbocycles. The third-order valence-electron chi connectivity index (χ3n) is 7.07. The van der Waals surface area contributed by atoms with Crippen LogP contribution in [0, 0.1) is 0 Å². The summed E-state index contributed by atoms with van der Waals surface area (Å²) in [5, 5.41) is 3.98. The molecule has 39 heavy (non-hydrogen) atoms. The van der Waals surface area contributed by atoms with Crippen LogP contribution in [0.2, 0.25) is 10.0 Å². The van der Waals surface area contributed by atoms with E-state index in [4.69, 9.17) is 27.9 Å². The second-order valence-electron chi connectivity index (χ2n) is 9.59. The van der Waals surface area contributed by atoms with Gasteiger partial charge in [-0.15, -0.1) is 0 Å². The predicted molar refractivity (Wildman–Crippen MR) is 153 cm³/mol. The fourth-order valence-electron chi connectivity index (χ4n) is 5.12. The minimum Gasteiger partial charge on any atom is -0.469 e. The highest BCUT2D eigenvalue weighted by atomic mass is 35.5. The smallest absolute Gasteiger partial charge is 0.305 e. The molecular weight excluding hydrogens is 535 g/mol. The molecule has 1 N–H and O–H groups in total. The average molecular weight is 568 g/mol. The molecule has 0 aromatic heterocycles. The molecule has 1 aliphatic heterocycles. The van der Waals surface area contributed by atoms with E-state index in [1.807, 2.05) is 48.5 Å². The summed E-state index contributed by atoms with van der Waals surface area (Å²) in [4.78, 5) is 40.9. The first-order valence-electron chi connectivity index (χ1n) is 13.1. The number of hydrogen-bond acceptors (Lipinski definition) is 4. The summed E-state index contributed by atoms with van der Waals surface area (Å²) in [6.45, 7) is 0.871. The van der Waals surface area contributed by atoms with Gasteiger partial charge in [-0.25, -0.2) is 0 Å². The van der Waals surface area contributed by atoms with Crippen molar-refractivity contribution in [3.05, 3.63) is 105 Å². The van der Waals surface area contributed by atoms with Crippen molar-refractivity contribution >= 4 is 41.0 Å². The second-order valence-corrected chi connectivity index (χ2v) is 10.4. The Morgan fingerprint density at radius 2 is 1.67 bits per heavy atom. The molecule has 8 heteroatoms. The lowest BCUT2D eigenvalue weighted by atomic mass is 9.79. The summed E-state index contributed by atoms with van der Waals surface area (Å²) < 4.78 is 4.73. The molecular formula is C31H32Cl2N2O4. The fourth-order valence-corrected chi connectivity index (χ4v) is 5.64. The molecule has 2 amide bonds. The lowest BCUT2D eigenvalue weighted by molar-refractivity contribution is -0.140. The highest BCUT2D eigenvalue weighted by Gasteiger charge is 2.44. The maximum Gasteiger partial charge on any atom is 0.305 e. The van der Waals surface area contributed by atoms with E-state index in [9.17, 15) is 14.4 Å². The Hall–Kier alpha value is -3.35. The molecule has 0 saturated heterocycles. The Kier molecular flexibility index (Phi) is 10.0. The van der Waals surface area contributed by atoms with Crippen LogP contribution in [0.25, 0.3) is 0 Å². The van der Waals surface area contributed by atoms with E-state index in [2.05, 4.69) is 5.32 Å². The number of esters is 1. The number of nitrogens with one attached hydrogen (secondary N) is 1. The SMILES string of the molecule is COC(=O)CCCCCN1C(=O)c2ccccc2[C@@H](C(=O)NCCc2ccccc2)[C@@H]1c1ccc(Cl)cc1Cl. The number of carbonyl (C=O) groups excluding carboxylic acids is 3. The molecule has 0 spiro atoms. The van der Waals surface area contributed by atoms with Crippen molar-refractivity contribution in [2.45, 2.75) is 44.1 Å². The van der Waals surface area contributed by atoms with Crippen LogP contribution in [0.3, 0.4) is 0 Å².